The molecule has 0 bridgehead atoms. The van der Waals surface area contributed by atoms with Gasteiger partial charge in [0.05, 0.1) is 10.4 Å². The van der Waals surface area contributed by atoms with Crippen LogP contribution in [0.1, 0.15) is 12.8 Å². The topological polar surface area (TPSA) is 84.5 Å². The Morgan fingerprint density at radius 3 is 2.88 bits per heavy atom. The SMILES string of the molecule is Cl.Cn1c(=O)oc2cc(S(=O)(=O)N3CCC4NCCC4C3)ccc21. The molecule has 4 rings (SSSR count). The van der Waals surface area contributed by atoms with E-state index in [0.29, 0.717) is 36.1 Å². The van der Waals surface area contributed by atoms with Gasteiger partial charge in [0.25, 0.3) is 0 Å². The molecule has 2 unspecified atom stereocenters. The molecule has 0 amide bonds. The number of piperidine rings is 1. The van der Waals surface area contributed by atoms with E-state index >= 15 is 0 Å². The molecule has 3 heterocycles. The van der Waals surface area contributed by atoms with Crippen molar-refractivity contribution in [2.45, 2.75) is 23.8 Å². The highest BCUT2D eigenvalue weighted by Crippen LogP contribution is 2.29. The van der Waals surface area contributed by atoms with Gasteiger partial charge in [0, 0.05) is 32.2 Å². The van der Waals surface area contributed by atoms with Crippen LogP contribution >= 0.6 is 12.4 Å². The minimum Gasteiger partial charge on any atom is -0.408 e. The van der Waals surface area contributed by atoms with Gasteiger partial charge in [-0.05, 0) is 37.4 Å². The van der Waals surface area contributed by atoms with Crippen LogP contribution in [0.15, 0.2) is 32.3 Å². The van der Waals surface area contributed by atoms with Crippen LogP contribution in [0.25, 0.3) is 11.1 Å². The second-order valence-corrected chi connectivity index (χ2v) is 8.26. The number of nitrogens with one attached hydrogen (secondary N) is 1. The molecule has 0 saturated carbocycles. The Labute approximate surface area is 146 Å². The normalized spacial score (nSPS) is 24.7. The van der Waals surface area contributed by atoms with Crippen molar-refractivity contribution in [3.05, 3.63) is 28.7 Å². The highest BCUT2D eigenvalue weighted by Gasteiger charge is 2.37. The average Bonchev–Trinajstić information content (AvgIpc) is 3.11. The summed E-state index contributed by atoms with van der Waals surface area (Å²) in [5, 5.41) is 3.43. The van der Waals surface area contributed by atoms with Crippen LogP contribution in [0.4, 0.5) is 0 Å². The number of aromatic nitrogens is 1. The number of oxazole rings is 1. The quantitative estimate of drug-likeness (QED) is 0.846. The van der Waals surface area contributed by atoms with E-state index in [4.69, 9.17) is 4.42 Å². The fourth-order valence-electron chi connectivity index (χ4n) is 3.66. The maximum absolute atomic E-state index is 12.9. The zero-order valence-corrected chi connectivity index (χ0v) is 14.9. The lowest BCUT2D eigenvalue weighted by atomic mass is 9.95. The monoisotopic (exact) mass is 373 g/mol. The molecular formula is C15H20ClN3O4S. The molecule has 1 aromatic carbocycles. The number of halogens is 1. The number of fused-ring (bicyclic) bond motifs is 2. The molecule has 24 heavy (non-hydrogen) atoms. The molecule has 132 valence electrons. The summed E-state index contributed by atoms with van der Waals surface area (Å²) in [4.78, 5) is 11.7. The third-order valence-corrected chi connectivity index (χ3v) is 6.88. The summed E-state index contributed by atoms with van der Waals surface area (Å²) in [6.07, 6.45) is 1.86. The Kier molecular flexibility index (Phi) is 4.50. The molecule has 9 heteroatoms. The number of benzene rings is 1. The fourth-order valence-corrected chi connectivity index (χ4v) is 5.18. The van der Waals surface area contributed by atoms with Gasteiger partial charge in [-0.1, -0.05) is 0 Å². The van der Waals surface area contributed by atoms with Gasteiger partial charge in [0.15, 0.2) is 5.58 Å². The molecule has 2 saturated heterocycles. The lowest BCUT2D eigenvalue weighted by Crippen LogP contribution is -2.46. The number of rotatable bonds is 2. The number of hydrogen-bond acceptors (Lipinski definition) is 5. The van der Waals surface area contributed by atoms with E-state index < -0.39 is 15.8 Å². The van der Waals surface area contributed by atoms with Crippen molar-refractivity contribution in [1.29, 1.82) is 0 Å². The third kappa shape index (κ3) is 2.67. The highest BCUT2D eigenvalue weighted by molar-refractivity contribution is 7.89. The van der Waals surface area contributed by atoms with Crippen molar-refractivity contribution in [2.24, 2.45) is 13.0 Å². The van der Waals surface area contributed by atoms with Crippen molar-refractivity contribution < 1.29 is 12.8 Å². The van der Waals surface area contributed by atoms with Crippen molar-refractivity contribution in [3.63, 3.8) is 0 Å². The number of hydrogen-bond donors (Lipinski definition) is 1. The Balaban J connectivity index is 0.00000169. The van der Waals surface area contributed by atoms with Gasteiger partial charge in [-0.2, -0.15) is 4.31 Å². The maximum atomic E-state index is 12.9. The maximum Gasteiger partial charge on any atom is 0.419 e. The lowest BCUT2D eigenvalue weighted by molar-refractivity contribution is 0.247. The van der Waals surface area contributed by atoms with Gasteiger partial charge < -0.3 is 9.73 Å². The summed E-state index contributed by atoms with van der Waals surface area (Å²) >= 11 is 0. The number of sulfonamides is 1. The van der Waals surface area contributed by atoms with Crippen LogP contribution in [0.2, 0.25) is 0 Å². The van der Waals surface area contributed by atoms with E-state index in [0.717, 1.165) is 19.4 Å². The van der Waals surface area contributed by atoms with Crippen molar-refractivity contribution in [3.8, 4) is 0 Å². The van der Waals surface area contributed by atoms with Gasteiger partial charge in [-0.25, -0.2) is 13.2 Å². The predicted octanol–water partition coefficient (Wildman–Crippen LogP) is 0.926. The summed E-state index contributed by atoms with van der Waals surface area (Å²) in [6, 6.07) is 5.06. The molecule has 1 N–H and O–H groups in total. The van der Waals surface area contributed by atoms with E-state index in [2.05, 4.69) is 5.32 Å². The van der Waals surface area contributed by atoms with Crippen molar-refractivity contribution >= 4 is 33.5 Å². The minimum atomic E-state index is -3.56. The van der Waals surface area contributed by atoms with E-state index in [1.807, 2.05) is 0 Å². The molecule has 0 radical (unpaired) electrons. The van der Waals surface area contributed by atoms with E-state index in [-0.39, 0.29) is 17.3 Å². The summed E-state index contributed by atoms with van der Waals surface area (Å²) in [7, 11) is -1.96. The first-order valence-corrected chi connectivity index (χ1v) is 9.24. The molecule has 2 aliphatic rings. The molecule has 2 fully saturated rings. The molecular weight excluding hydrogens is 354 g/mol. The summed E-state index contributed by atoms with van der Waals surface area (Å²) < 4.78 is 33.8. The molecule has 2 aromatic rings. The highest BCUT2D eigenvalue weighted by atomic mass is 35.5. The van der Waals surface area contributed by atoms with Crippen LogP contribution in [-0.4, -0.2) is 43.0 Å². The zero-order chi connectivity index (χ0) is 16.2. The second kappa shape index (κ2) is 6.18. The first-order valence-electron chi connectivity index (χ1n) is 7.80. The summed E-state index contributed by atoms with van der Waals surface area (Å²) in [5.74, 6) is -0.107. The molecule has 0 spiro atoms. The fraction of sp³-hybridized carbons (Fsp3) is 0.533. The van der Waals surface area contributed by atoms with E-state index in [1.165, 1.54) is 10.6 Å². The average molecular weight is 374 g/mol. The van der Waals surface area contributed by atoms with Crippen LogP contribution in [0, 0.1) is 5.92 Å². The first kappa shape index (κ1) is 17.5. The Bertz CT molecular complexity index is 920. The molecule has 7 nitrogen and oxygen atoms in total. The van der Waals surface area contributed by atoms with Crippen molar-refractivity contribution in [1.82, 2.24) is 14.2 Å². The van der Waals surface area contributed by atoms with Gasteiger partial charge in [-0.3, -0.25) is 4.57 Å². The van der Waals surface area contributed by atoms with Gasteiger partial charge >= 0.3 is 5.76 Å². The van der Waals surface area contributed by atoms with E-state index in [1.54, 1.807) is 23.5 Å². The molecule has 2 aliphatic heterocycles. The van der Waals surface area contributed by atoms with Gasteiger partial charge in [0.2, 0.25) is 10.0 Å². The van der Waals surface area contributed by atoms with Gasteiger partial charge in [-0.15, -0.1) is 12.4 Å². The first-order chi connectivity index (χ1) is 11.0. The second-order valence-electron chi connectivity index (χ2n) is 6.32. The predicted molar refractivity (Wildman–Crippen MR) is 92.0 cm³/mol. The summed E-state index contributed by atoms with van der Waals surface area (Å²) in [5.41, 5.74) is 0.892. The Morgan fingerprint density at radius 2 is 2.08 bits per heavy atom. The zero-order valence-electron chi connectivity index (χ0n) is 13.3. The smallest absolute Gasteiger partial charge is 0.408 e. The molecule has 2 atom stereocenters. The number of aryl methyl sites for hydroxylation is 1. The van der Waals surface area contributed by atoms with Crippen molar-refractivity contribution in [2.75, 3.05) is 19.6 Å². The van der Waals surface area contributed by atoms with Crippen LogP contribution in [-0.2, 0) is 17.1 Å². The lowest BCUT2D eigenvalue weighted by Gasteiger charge is -2.33. The Hall–Kier alpha value is -1.35. The van der Waals surface area contributed by atoms with E-state index in [9.17, 15) is 13.2 Å². The van der Waals surface area contributed by atoms with Crippen LogP contribution in [0.3, 0.4) is 0 Å². The third-order valence-electron chi connectivity index (χ3n) is 5.02. The van der Waals surface area contributed by atoms with Crippen LogP contribution in [0.5, 0.6) is 0 Å². The van der Waals surface area contributed by atoms with Crippen LogP contribution < -0.4 is 11.1 Å². The molecule has 1 aromatic heterocycles. The van der Waals surface area contributed by atoms with Gasteiger partial charge in [0.1, 0.15) is 0 Å². The number of nitrogens with zero attached hydrogens (tertiary/aromatic N) is 2. The minimum absolute atomic E-state index is 0. The molecule has 0 aliphatic carbocycles. The Morgan fingerprint density at radius 1 is 1.29 bits per heavy atom. The standard InChI is InChI=1S/C15H19N3O4S.ClH/c1-17-13-3-2-11(8-14(13)22-15(17)19)23(20,21)18-7-5-12-10(9-18)4-6-16-12;/h2-3,8,10,12,16H,4-7,9H2,1H3;1H. The largest absolute Gasteiger partial charge is 0.419 e. The summed E-state index contributed by atoms with van der Waals surface area (Å²) in [6.45, 7) is 2.04.